The van der Waals surface area contributed by atoms with E-state index in [0.717, 1.165) is 17.7 Å². The summed E-state index contributed by atoms with van der Waals surface area (Å²) in [4.78, 5) is 31.1. The third kappa shape index (κ3) is 5.94. The van der Waals surface area contributed by atoms with Crippen LogP contribution in [-0.2, 0) is 11.4 Å². The number of halogens is 3. The van der Waals surface area contributed by atoms with Crippen LogP contribution in [0.1, 0.15) is 37.4 Å². The summed E-state index contributed by atoms with van der Waals surface area (Å²) < 4.78 is 27.1. The lowest BCUT2D eigenvalue weighted by Crippen LogP contribution is -2.24. The van der Waals surface area contributed by atoms with E-state index < -0.39 is 17.5 Å². The van der Waals surface area contributed by atoms with Crippen molar-refractivity contribution in [3.05, 3.63) is 129 Å². The Bertz CT molecular complexity index is 1430. The van der Waals surface area contributed by atoms with Gasteiger partial charge in [0.2, 0.25) is 0 Å². The number of anilines is 2. The predicted molar refractivity (Wildman–Crippen MR) is 134 cm³/mol. The van der Waals surface area contributed by atoms with E-state index in [0.29, 0.717) is 16.8 Å². The zero-order valence-corrected chi connectivity index (χ0v) is 19.9. The third-order valence-corrected chi connectivity index (χ3v) is 5.73. The van der Waals surface area contributed by atoms with E-state index in [1.54, 1.807) is 25.1 Å². The summed E-state index contributed by atoms with van der Waals surface area (Å²) in [6.07, 6.45) is 0. The number of amides is 1. The average Bonchev–Trinajstić information content (AvgIpc) is 2.86. The molecule has 5 nitrogen and oxygen atoms in total. The molecule has 4 aromatic rings. The quantitative estimate of drug-likeness (QED) is 0.204. The first-order chi connectivity index (χ1) is 17.3. The molecule has 0 aromatic heterocycles. The summed E-state index contributed by atoms with van der Waals surface area (Å²) in [6.45, 7) is 1.95. The number of rotatable bonds is 8. The number of hydrogen-bond donors (Lipinski definition) is 2. The summed E-state index contributed by atoms with van der Waals surface area (Å²) in [5, 5.41) is 2.94. The zero-order valence-electron chi connectivity index (χ0n) is 19.1. The van der Waals surface area contributed by atoms with Crippen LogP contribution in [0.2, 0.25) is 5.02 Å². The summed E-state index contributed by atoms with van der Waals surface area (Å²) in [7, 11) is 0. The standard InChI is InChI=1S/C28H21ClF2N2O3/c1-17-7-8-19(28(35)33-36-16-18-5-3-2-4-6-18)13-23(17)27(34)22-11-10-21(15-24(22)29)32-26-12-9-20(30)14-25(26)31/h2-15,32H,16H2,1H3,(H,33,35). The second kappa shape index (κ2) is 11.1. The molecule has 2 N–H and O–H groups in total. The first kappa shape index (κ1) is 25.0. The highest BCUT2D eigenvalue weighted by molar-refractivity contribution is 6.35. The average molecular weight is 507 g/mol. The molecule has 4 aromatic carbocycles. The molecule has 0 saturated carbocycles. The van der Waals surface area contributed by atoms with Gasteiger partial charge in [0.05, 0.1) is 17.3 Å². The minimum Gasteiger partial charge on any atom is -0.353 e. The van der Waals surface area contributed by atoms with Gasteiger partial charge in [-0.25, -0.2) is 14.3 Å². The van der Waals surface area contributed by atoms with Gasteiger partial charge in [0.1, 0.15) is 11.6 Å². The van der Waals surface area contributed by atoms with Gasteiger partial charge in [0.15, 0.2) is 5.78 Å². The normalized spacial score (nSPS) is 10.7. The molecular weight excluding hydrogens is 486 g/mol. The van der Waals surface area contributed by atoms with Crippen molar-refractivity contribution in [3.63, 3.8) is 0 Å². The summed E-state index contributed by atoms with van der Waals surface area (Å²) >= 11 is 6.37. The van der Waals surface area contributed by atoms with E-state index in [2.05, 4.69) is 10.8 Å². The molecule has 0 atom stereocenters. The van der Waals surface area contributed by atoms with Crippen LogP contribution in [0.4, 0.5) is 20.2 Å². The zero-order chi connectivity index (χ0) is 25.7. The Labute approximate surface area is 211 Å². The van der Waals surface area contributed by atoms with Crippen LogP contribution in [0.15, 0.2) is 84.9 Å². The fraction of sp³-hybridized carbons (Fsp3) is 0.0714. The number of aryl methyl sites for hydroxylation is 1. The number of hydrogen-bond acceptors (Lipinski definition) is 4. The Kier molecular flexibility index (Phi) is 7.73. The number of ketones is 1. The molecule has 0 aliphatic carbocycles. The molecule has 4 rings (SSSR count). The first-order valence-corrected chi connectivity index (χ1v) is 11.3. The van der Waals surface area contributed by atoms with Gasteiger partial charge in [-0.2, -0.15) is 0 Å². The smallest absolute Gasteiger partial charge is 0.274 e. The predicted octanol–water partition coefficient (Wildman–Crippen LogP) is 6.76. The molecule has 0 unspecified atom stereocenters. The maximum absolute atomic E-state index is 13.9. The molecule has 0 saturated heterocycles. The Morgan fingerprint density at radius 1 is 0.889 bits per heavy atom. The van der Waals surface area contributed by atoms with Gasteiger partial charge in [-0.15, -0.1) is 0 Å². The second-order valence-electron chi connectivity index (χ2n) is 8.01. The number of hydroxylamine groups is 1. The van der Waals surface area contributed by atoms with Crippen molar-refractivity contribution in [2.75, 3.05) is 5.32 Å². The molecule has 0 radical (unpaired) electrons. The van der Waals surface area contributed by atoms with Crippen LogP contribution in [0.3, 0.4) is 0 Å². The molecule has 0 aliphatic heterocycles. The fourth-order valence-electron chi connectivity index (χ4n) is 3.49. The van der Waals surface area contributed by atoms with Crippen molar-refractivity contribution in [2.24, 2.45) is 0 Å². The van der Waals surface area contributed by atoms with Crippen LogP contribution >= 0.6 is 11.6 Å². The molecule has 0 fully saturated rings. The van der Waals surface area contributed by atoms with Crippen LogP contribution in [0, 0.1) is 18.6 Å². The lowest BCUT2D eigenvalue weighted by atomic mass is 9.96. The molecule has 36 heavy (non-hydrogen) atoms. The number of benzene rings is 4. The molecular formula is C28H21ClF2N2O3. The monoisotopic (exact) mass is 506 g/mol. The molecule has 0 bridgehead atoms. The molecule has 1 amide bonds. The van der Waals surface area contributed by atoms with Crippen molar-refractivity contribution in [1.29, 1.82) is 0 Å². The van der Waals surface area contributed by atoms with Gasteiger partial charge in [0.25, 0.3) is 5.91 Å². The molecule has 0 heterocycles. The van der Waals surface area contributed by atoms with Gasteiger partial charge in [-0.1, -0.05) is 48.0 Å². The van der Waals surface area contributed by atoms with Gasteiger partial charge >= 0.3 is 0 Å². The number of carbonyl (C=O) groups is 2. The molecule has 182 valence electrons. The van der Waals surface area contributed by atoms with E-state index in [1.165, 1.54) is 24.3 Å². The highest BCUT2D eigenvalue weighted by Gasteiger charge is 2.18. The largest absolute Gasteiger partial charge is 0.353 e. The SMILES string of the molecule is Cc1ccc(C(=O)NOCc2ccccc2)cc1C(=O)c1ccc(Nc2ccc(F)cc2F)cc1Cl. The van der Waals surface area contributed by atoms with E-state index >= 15 is 0 Å². The van der Waals surface area contributed by atoms with Crippen LogP contribution < -0.4 is 10.8 Å². The Balaban J connectivity index is 1.48. The van der Waals surface area contributed by atoms with Crippen LogP contribution in [-0.4, -0.2) is 11.7 Å². The lowest BCUT2D eigenvalue weighted by molar-refractivity contribution is 0.0233. The summed E-state index contributed by atoms with van der Waals surface area (Å²) in [5.41, 5.74) is 5.19. The van der Waals surface area contributed by atoms with E-state index in [4.69, 9.17) is 16.4 Å². The van der Waals surface area contributed by atoms with E-state index in [-0.39, 0.29) is 34.2 Å². The summed E-state index contributed by atoms with van der Waals surface area (Å²) in [5.74, 6) is -2.32. The number of carbonyl (C=O) groups excluding carboxylic acids is 2. The van der Waals surface area contributed by atoms with Gasteiger partial charge in [-0.3, -0.25) is 14.4 Å². The highest BCUT2D eigenvalue weighted by Crippen LogP contribution is 2.28. The Morgan fingerprint density at radius 2 is 1.67 bits per heavy atom. The van der Waals surface area contributed by atoms with E-state index in [9.17, 15) is 18.4 Å². The maximum Gasteiger partial charge on any atom is 0.274 e. The van der Waals surface area contributed by atoms with Crippen molar-refractivity contribution < 1.29 is 23.2 Å². The third-order valence-electron chi connectivity index (χ3n) is 5.41. The minimum atomic E-state index is -0.760. The minimum absolute atomic E-state index is 0.0654. The first-order valence-electron chi connectivity index (χ1n) is 10.9. The Hall–Kier alpha value is -4.07. The molecule has 8 heteroatoms. The van der Waals surface area contributed by atoms with Crippen molar-refractivity contribution in [3.8, 4) is 0 Å². The molecule has 0 aliphatic rings. The number of nitrogens with one attached hydrogen (secondary N) is 2. The fourth-order valence-corrected chi connectivity index (χ4v) is 3.76. The van der Waals surface area contributed by atoms with Gasteiger partial charge < -0.3 is 5.32 Å². The Morgan fingerprint density at radius 3 is 2.39 bits per heavy atom. The highest BCUT2D eigenvalue weighted by atomic mass is 35.5. The van der Waals surface area contributed by atoms with Gasteiger partial charge in [-0.05, 0) is 60.5 Å². The van der Waals surface area contributed by atoms with Crippen molar-refractivity contribution in [2.45, 2.75) is 13.5 Å². The van der Waals surface area contributed by atoms with Crippen LogP contribution in [0.5, 0.6) is 0 Å². The topological polar surface area (TPSA) is 67.4 Å². The summed E-state index contributed by atoms with van der Waals surface area (Å²) in [6, 6.07) is 21.8. The van der Waals surface area contributed by atoms with E-state index in [1.807, 2.05) is 30.3 Å². The second-order valence-corrected chi connectivity index (χ2v) is 8.42. The van der Waals surface area contributed by atoms with Crippen molar-refractivity contribution >= 4 is 34.7 Å². The maximum atomic E-state index is 13.9. The lowest BCUT2D eigenvalue weighted by Gasteiger charge is -2.12. The van der Waals surface area contributed by atoms with Crippen LogP contribution in [0.25, 0.3) is 0 Å². The van der Waals surface area contributed by atoms with Crippen molar-refractivity contribution in [1.82, 2.24) is 5.48 Å². The van der Waals surface area contributed by atoms with Gasteiger partial charge in [0, 0.05) is 28.4 Å². The molecule has 0 spiro atoms.